The fraction of sp³-hybridized carbons (Fsp3) is 0. The van der Waals surface area contributed by atoms with Crippen LogP contribution in [0.1, 0.15) is 5.69 Å². The van der Waals surface area contributed by atoms with Gasteiger partial charge in [0.2, 0.25) is 0 Å². The Hall–Kier alpha value is -0.570. The van der Waals surface area contributed by atoms with Gasteiger partial charge in [-0.1, -0.05) is 0 Å². The molecule has 9 heteroatoms. The van der Waals surface area contributed by atoms with Crippen molar-refractivity contribution in [3.8, 4) is 0 Å². The van der Waals surface area contributed by atoms with Crippen LogP contribution in [0.5, 0.6) is 0 Å². The monoisotopic (exact) mass is 380 g/mol. The van der Waals surface area contributed by atoms with E-state index in [0.29, 0.717) is 22.8 Å². The van der Waals surface area contributed by atoms with Crippen molar-refractivity contribution in [1.82, 2.24) is 14.5 Å². The van der Waals surface area contributed by atoms with E-state index in [1.165, 1.54) is 6.20 Å². The minimum atomic E-state index is 0.437. The number of pyridine rings is 1. The van der Waals surface area contributed by atoms with E-state index in [0.717, 1.165) is 22.9 Å². The van der Waals surface area contributed by atoms with Gasteiger partial charge in [-0.05, 0) is 40.1 Å². The number of nitrogen functional groups attached to an aromatic ring is 1. The fourth-order valence-electron chi connectivity index (χ4n) is 1.42. The van der Waals surface area contributed by atoms with E-state index in [1.54, 1.807) is 6.20 Å². The average Bonchev–Trinajstić information content (AvgIpc) is 2.74. The fourth-order valence-corrected chi connectivity index (χ4v) is 3.26. The van der Waals surface area contributed by atoms with E-state index in [2.05, 4.69) is 32.1 Å². The van der Waals surface area contributed by atoms with Crippen molar-refractivity contribution < 1.29 is 0 Å². The van der Waals surface area contributed by atoms with Gasteiger partial charge in [0.25, 0.3) is 0 Å². The molecule has 0 aliphatic carbocycles. The first-order valence-electron chi connectivity index (χ1n) is 4.51. The Kier molecular flexibility index (Phi) is 4.08. The molecular formula is C8H10IN6PS. The van der Waals surface area contributed by atoms with Crippen LogP contribution in [0.3, 0.4) is 0 Å². The second-order valence-corrected chi connectivity index (χ2v) is 5.83. The van der Waals surface area contributed by atoms with E-state index in [9.17, 15) is 0 Å². The van der Waals surface area contributed by atoms with Crippen LogP contribution in [-0.4, -0.2) is 14.5 Å². The van der Waals surface area contributed by atoms with E-state index in [1.807, 2.05) is 10.5 Å². The van der Waals surface area contributed by atoms with Crippen LogP contribution < -0.4 is 16.6 Å². The molecular weight excluding hydrogens is 370 g/mol. The molecule has 0 bridgehead atoms. The molecule has 0 fully saturated rings. The van der Waals surface area contributed by atoms with Crippen LogP contribution in [0.25, 0.3) is 15.8 Å². The summed E-state index contributed by atoms with van der Waals surface area (Å²) in [4.78, 5) is 4.95. The predicted molar refractivity (Wildman–Crippen MR) is 83.6 cm³/mol. The Balaban J connectivity index is 2.68. The highest BCUT2D eigenvalue weighted by Gasteiger charge is 2.11. The SMILES string of the molecule is N/C=C(\SN)c1cc2c(cnn2PI)c(N)n1. The van der Waals surface area contributed by atoms with Gasteiger partial charge in [0, 0.05) is 6.20 Å². The van der Waals surface area contributed by atoms with Crippen molar-refractivity contribution >= 4 is 62.0 Å². The maximum atomic E-state index is 5.89. The first kappa shape index (κ1) is 12.9. The molecule has 0 saturated heterocycles. The Morgan fingerprint density at radius 2 is 2.35 bits per heavy atom. The molecule has 2 aromatic rings. The van der Waals surface area contributed by atoms with Crippen molar-refractivity contribution in [3.05, 3.63) is 24.2 Å². The van der Waals surface area contributed by atoms with Gasteiger partial charge in [-0.15, -0.1) is 0 Å². The summed E-state index contributed by atoms with van der Waals surface area (Å²) in [5, 5.41) is 10.6. The molecule has 0 radical (unpaired) electrons. The third-order valence-corrected chi connectivity index (χ3v) is 4.69. The molecule has 2 rings (SSSR count). The second-order valence-electron chi connectivity index (χ2n) is 3.12. The van der Waals surface area contributed by atoms with Gasteiger partial charge in [-0.25, -0.2) is 9.44 Å². The lowest BCUT2D eigenvalue weighted by Crippen LogP contribution is -1.98. The molecule has 6 N–H and O–H groups in total. The smallest absolute Gasteiger partial charge is 0.135 e. The van der Waals surface area contributed by atoms with Gasteiger partial charge >= 0.3 is 0 Å². The summed E-state index contributed by atoms with van der Waals surface area (Å²) < 4.78 is 1.87. The van der Waals surface area contributed by atoms with Crippen LogP contribution in [0.15, 0.2) is 18.5 Å². The number of anilines is 1. The molecule has 90 valence electrons. The lowest BCUT2D eigenvalue weighted by molar-refractivity contribution is 1.04. The number of hydrogen-bond acceptors (Lipinski definition) is 6. The topological polar surface area (TPSA) is 109 Å². The number of aromatic nitrogens is 3. The van der Waals surface area contributed by atoms with Gasteiger partial charge in [0.15, 0.2) is 0 Å². The Morgan fingerprint density at radius 3 is 2.94 bits per heavy atom. The minimum Gasteiger partial charge on any atom is -0.404 e. The molecule has 0 saturated carbocycles. The molecule has 1 atom stereocenters. The zero-order valence-electron chi connectivity index (χ0n) is 8.59. The molecule has 0 aliphatic rings. The van der Waals surface area contributed by atoms with Gasteiger partial charge in [0.05, 0.1) is 34.1 Å². The van der Waals surface area contributed by atoms with E-state index in [4.69, 9.17) is 16.6 Å². The normalized spacial score (nSPS) is 12.9. The minimum absolute atomic E-state index is 0.437. The largest absolute Gasteiger partial charge is 0.404 e. The first-order valence-corrected chi connectivity index (χ1v) is 9.45. The van der Waals surface area contributed by atoms with Crippen LogP contribution in [0.2, 0.25) is 0 Å². The Bertz CT molecular complexity index is 583. The third-order valence-electron chi connectivity index (χ3n) is 2.21. The van der Waals surface area contributed by atoms with E-state index < -0.39 is 0 Å². The van der Waals surface area contributed by atoms with Crippen molar-refractivity contribution in [2.45, 2.75) is 0 Å². The lowest BCUT2D eigenvalue weighted by atomic mass is 10.2. The van der Waals surface area contributed by atoms with Crippen LogP contribution in [-0.2, 0) is 0 Å². The lowest BCUT2D eigenvalue weighted by Gasteiger charge is -2.05. The molecule has 17 heavy (non-hydrogen) atoms. The third kappa shape index (κ3) is 2.35. The summed E-state index contributed by atoms with van der Waals surface area (Å²) >= 11 is 3.30. The van der Waals surface area contributed by atoms with Gasteiger partial charge in [0.1, 0.15) is 5.82 Å². The van der Waals surface area contributed by atoms with E-state index >= 15 is 0 Å². The summed E-state index contributed by atoms with van der Waals surface area (Å²) in [6, 6.07) is 1.89. The van der Waals surface area contributed by atoms with Crippen LogP contribution in [0.4, 0.5) is 5.82 Å². The highest BCUT2D eigenvalue weighted by molar-refractivity contribution is 14.2. The number of nitrogens with two attached hydrogens (primary N) is 3. The number of halogens is 1. The number of nitrogens with zero attached hydrogens (tertiary/aromatic N) is 3. The van der Waals surface area contributed by atoms with Gasteiger partial charge in [-0.2, -0.15) is 5.10 Å². The Labute approximate surface area is 117 Å². The van der Waals surface area contributed by atoms with Crippen molar-refractivity contribution in [2.75, 3.05) is 5.73 Å². The Morgan fingerprint density at radius 1 is 1.59 bits per heavy atom. The maximum absolute atomic E-state index is 5.89. The number of fused-ring (bicyclic) bond motifs is 1. The summed E-state index contributed by atoms with van der Waals surface area (Å²) in [7, 11) is 0. The molecule has 6 nitrogen and oxygen atoms in total. The predicted octanol–water partition coefficient (Wildman–Crippen LogP) is 1.67. The first-order chi connectivity index (χ1) is 8.21. The summed E-state index contributed by atoms with van der Waals surface area (Å²) in [5.41, 5.74) is 13.0. The molecule has 0 amide bonds. The summed E-state index contributed by atoms with van der Waals surface area (Å²) in [6.07, 6.45) is 3.64. The number of hydrogen-bond donors (Lipinski definition) is 3. The summed E-state index contributed by atoms with van der Waals surface area (Å²) in [5.74, 6) is 0.437. The highest BCUT2D eigenvalue weighted by Crippen LogP contribution is 2.32. The van der Waals surface area contributed by atoms with Gasteiger partial charge in [-0.3, -0.25) is 5.14 Å². The maximum Gasteiger partial charge on any atom is 0.135 e. The van der Waals surface area contributed by atoms with E-state index in [-0.39, 0.29) is 0 Å². The van der Waals surface area contributed by atoms with Gasteiger partial charge < -0.3 is 11.5 Å². The molecule has 1 unspecified atom stereocenters. The zero-order chi connectivity index (χ0) is 12.4. The van der Waals surface area contributed by atoms with Crippen molar-refractivity contribution in [1.29, 1.82) is 0 Å². The second kappa shape index (κ2) is 5.38. The zero-order valence-corrected chi connectivity index (χ0v) is 12.6. The molecule has 2 heterocycles. The molecule has 0 spiro atoms. The quantitative estimate of drug-likeness (QED) is 0.425. The molecule has 2 aromatic heterocycles. The number of rotatable bonds is 3. The van der Waals surface area contributed by atoms with Crippen molar-refractivity contribution in [3.63, 3.8) is 0 Å². The molecule has 0 aliphatic heterocycles. The standard InChI is InChI=1S/C8H10IN6PS/c9-16-15-6-1-5(7(2-10)17-12)14-8(11)4(6)3-13-15/h1-3,16H,10,12H2,(H2,11,14)/b7-2-. The van der Waals surface area contributed by atoms with Crippen molar-refractivity contribution in [2.24, 2.45) is 10.9 Å². The molecule has 0 aromatic carbocycles. The van der Waals surface area contributed by atoms with Crippen LogP contribution in [0, 0.1) is 0 Å². The average molecular weight is 380 g/mol. The van der Waals surface area contributed by atoms with Crippen LogP contribution >= 0.6 is 40.4 Å². The highest BCUT2D eigenvalue weighted by atomic mass is 127. The summed E-state index contributed by atoms with van der Waals surface area (Å²) in [6.45, 7) is 0.